The third kappa shape index (κ3) is 2.27. The van der Waals surface area contributed by atoms with Gasteiger partial charge in [-0.15, -0.1) is 0 Å². The fourth-order valence-corrected chi connectivity index (χ4v) is 3.60. The highest BCUT2D eigenvalue weighted by molar-refractivity contribution is 5.99. The molecule has 7 nitrogen and oxygen atoms in total. The molecule has 1 aromatic rings. The van der Waals surface area contributed by atoms with Crippen LogP contribution >= 0.6 is 0 Å². The van der Waals surface area contributed by atoms with Gasteiger partial charge in [0.25, 0.3) is 11.8 Å². The van der Waals surface area contributed by atoms with Crippen LogP contribution in [-0.4, -0.2) is 61.3 Å². The Morgan fingerprint density at radius 1 is 1.48 bits per heavy atom. The van der Waals surface area contributed by atoms with Gasteiger partial charge in [0.2, 0.25) is 0 Å². The summed E-state index contributed by atoms with van der Waals surface area (Å²) < 4.78 is 10.8. The minimum Gasteiger partial charge on any atom is -0.482 e. The maximum Gasteiger partial charge on any atom is 0.262 e. The van der Waals surface area contributed by atoms with Crippen molar-refractivity contribution in [1.29, 1.82) is 0 Å². The van der Waals surface area contributed by atoms with E-state index in [-0.39, 0.29) is 36.4 Å². The lowest BCUT2D eigenvalue weighted by Gasteiger charge is -2.24. The van der Waals surface area contributed by atoms with Gasteiger partial charge in [0, 0.05) is 30.0 Å². The average molecular weight is 318 g/mol. The zero-order valence-corrected chi connectivity index (χ0v) is 12.6. The van der Waals surface area contributed by atoms with E-state index in [0.29, 0.717) is 43.3 Å². The predicted molar refractivity (Wildman–Crippen MR) is 80.3 cm³/mol. The summed E-state index contributed by atoms with van der Waals surface area (Å²) in [6.45, 7) is 2.17. The Bertz CT molecular complexity index is 676. The summed E-state index contributed by atoms with van der Waals surface area (Å²) >= 11 is 0. The molecule has 4 rings (SSSR count). The molecule has 2 N–H and O–H groups in total. The minimum absolute atomic E-state index is 0.0285. The number of nitrogens with zero attached hydrogens (tertiary/aromatic N) is 1. The first-order valence-corrected chi connectivity index (χ1v) is 7.66. The van der Waals surface area contributed by atoms with Crippen LogP contribution in [0.4, 0.5) is 5.69 Å². The summed E-state index contributed by atoms with van der Waals surface area (Å²) in [4.78, 5) is 25.8. The van der Waals surface area contributed by atoms with Gasteiger partial charge in [0.15, 0.2) is 6.61 Å². The summed E-state index contributed by atoms with van der Waals surface area (Å²) in [5.41, 5.74) is 0.777. The third-order valence-electron chi connectivity index (χ3n) is 4.98. The molecule has 0 unspecified atom stereocenters. The van der Waals surface area contributed by atoms with Gasteiger partial charge in [-0.25, -0.2) is 0 Å². The second-order valence-corrected chi connectivity index (χ2v) is 6.47. The number of nitrogens with one attached hydrogen (secondary N) is 1. The van der Waals surface area contributed by atoms with Gasteiger partial charge in [-0.2, -0.15) is 0 Å². The van der Waals surface area contributed by atoms with Crippen molar-refractivity contribution >= 4 is 17.5 Å². The molecule has 23 heavy (non-hydrogen) atoms. The zero-order chi connectivity index (χ0) is 16.0. The quantitative estimate of drug-likeness (QED) is 0.807. The number of carbonyl (C=O) groups excluding carboxylic acids is 2. The molecule has 2 amide bonds. The molecule has 0 aliphatic carbocycles. The number of anilines is 1. The van der Waals surface area contributed by atoms with Crippen molar-refractivity contribution in [3.8, 4) is 5.75 Å². The second kappa shape index (κ2) is 5.21. The Balaban J connectivity index is 1.55. The predicted octanol–water partition coefficient (Wildman–Crippen LogP) is 0.0984. The molecule has 3 heterocycles. The summed E-state index contributed by atoms with van der Waals surface area (Å²) in [6.07, 6.45) is 0. The van der Waals surface area contributed by atoms with Gasteiger partial charge in [0.1, 0.15) is 5.75 Å². The lowest BCUT2D eigenvalue weighted by molar-refractivity contribution is -0.118. The normalized spacial score (nSPS) is 28.8. The van der Waals surface area contributed by atoms with Crippen molar-refractivity contribution < 1.29 is 24.2 Å². The van der Waals surface area contributed by atoms with Crippen LogP contribution in [0.2, 0.25) is 0 Å². The van der Waals surface area contributed by atoms with Crippen LogP contribution in [-0.2, 0) is 9.53 Å². The smallest absolute Gasteiger partial charge is 0.262 e. The maximum atomic E-state index is 12.7. The summed E-state index contributed by atoms with van der Waals surface area (Å²) in [7, 11) is 0. The number of aliphatic hydroxyl groups excluding tert-OH is 1. The SMILES string of the molecule is O=C1COc2cc(C(=O)N3C[C@H]4COC[C@@]4(CO)C3)ccc2N1. The van der Waals surface area contributed by atoms with Crippen LogP contribution in [0.3, 0.4) is 0 Å². The number of likely N-dealkylation sites (tertiary alicyclic amines) is 1. The number of carbonyl (C=O) groups is 2. The van der Waals surface area contributed by atoms with E-state index in [9.17, 15) is 14.7 Å². The summed E-state index contributed by atoms with van der Waals surface area (Å²) in [5, 5.41) is 12.4. The molecule has 2 saturated heterocycles. The van der Waals surface area contributed by atoms with Crippen molar-refractivity contribution in [3.05, 3.63) is 23.8 Å². The average Bonchev–Trinajstić information content (AvgIpc) is 3.11. The monoisotopic (exact) mass is 318 g/mol. The Hall–Kier alpha value is -2.12. The number of rotatable bonds is 2. The topological polar surface area (TPSA) is 88.1 Å². The van der Waals surface area contributed by atoms with E-state index in [1.165, 1.54) is 0 Å². The molecule has 3 aliphatic heterocycles. The number of fused-ring (bicyclic) bond motifs is 2. The largest absolute Gasteiger partial charge is 0.482 e. The summed E-state index contributed by atoms with van der Waals surface area (Å²) in [5.74, 6) is 0.406. The van der Waals surface area contributed by atoms with Gasteiger partial charge in [-0.1, -0.05) is 0 Å². The zero-order valence-electron chi connectivity index (χ0n) is 12.6. The van der Waals surface area contributed by atoms with Crippen LogP contribution in [0.25, 0.3) is 0 Å². The van der Waals surface area contributed by atoms with Crippen molar-refractivity contribution in [2.45, 2.75) is 0 Å². The van der Waals surface area contributed by atoms with Crippen LogP contribution in [0.5, 0.6) is 5.75 Å². The Morgan fingerprint density at radius 3 is 3.13 bits per heavy atom. The molecule has 1 aromatic carbocycles. The molecule has 0 bridgehead atoms. The van der Waals surface area contributed by atoms with Gasteiger partial charge < -0.3 is 24.8 Å². The number of ether oxygens (including phenoxy) is 2. The lowest BCUT2D eigenvalue weighted by atomic mass is 9.82. The van der Waals surface area contributed by atoms with Crippen molar-refractivity contribution in [2.24, 2.45) is 11.3 Å². The Morgan fingerprint density at radius 2 is 2.35 bits per heavy atom. The molecule has 122 valence electrons. The number of amides is 2. The highest BCUT2D eigenvalue weighted by Crippen LogP contribution is 2.41. The van der Waals surface area contributed by atoms with Crippen molar-refractivity contribution in [3.63, 3.8) is 0 Å². The molecular formula is C16H18N2O5. The van der Waals surface area contributed by atoms with Crippen LogP contribution < -0.4 is 10.1 Å². The standard InChI is InChI=1S/C16H18N2O5/c19-8-16-7-18(4-11(16)5-22-9-16)15(21)10-1-2-12-13(3-10)23-6-14(20)17-12/h1-3,11,19H,4-9H2,(H,17,20)/t11-,16-/m0/s1. The number of benzene rings is 1. The van der Waals surface area contributed by atoms with Crippen molar-refractivity contribution in [1.82, 2.24) is 4.90 Å². The first-order valence-electron chi connectivity index (χ1n) is 7.66. The highest BCUT2D eigenvalue weighted by Gasteiger charge is 2.51. The fourth-order valence-electron chi connectivity index (χ4n) is 3.60. The summed E-state index contributed by atoms with van der Waals surface area (Å²) in [6, 6.07) is 5.03. The number of aliphatic hydroxyl groups is 1. The minimum atomic E-state index is -0.325. The maximum absolute atomic E-state index is 12.7. The van der Waals surface area contributed by atoms with E-state index < -0.39 is 0 Å². The van der Waals surface area contributed by atoms with Crippen LogP contribution in [0, 0.1) is 11.3 Å². The first kappa shape index (κ1) is 14.5. The van der Waals surface area contributed by atoms with Crippen LogP contribution in [0.15, 0.2) is 18.2 Å². The van der Waals surface area contributed by atoms with Gasteiger partial charge >= 0.3 is 0 Å². The molecule has 2 atom stereocenters. The molecule has 0 spiro atoms. The van der Waals surface area contributed by atoms with Gasteiger partial charge in [0.05, 0.1) is 25.5 Å². The second-order valence-electron chi connectivity index (χ2n) is 6.47. The molecule has 0 aromatic heterocycles. The molecule has 2 fully saturated rings. The highest BCUT2D eigenvalue weighted by atomic mass is 16.5. The molecule has 7 heteroatoms. The molecule has 0 saturated carbocycles. The van der Waals surface area contributed by atoms with Gasteiger partial charge in [-0.05, 0) is 18.2 Å². The lowest BCUT2D eigenvalue weighted by Crippen LogP contribution is -2.36. The molecular weight excluding hydrogens is 300 g/mol. The van der Waals surface area contributed by atoms with Crippen molar-refractivity contribution in [2.75, 3.05) is 44.8 Å². The van der Waals surface area contributed by atoms with E-state index in [0.717, 1.165) is 0 Å². The Labute approximate surface area is 133 Å². The van der Waals surface area contributed by atoms with E-state index in [1.54, 1.807) is 23.1 Å². The van der Waals surface area contributed by atoms with Gasteiger partial charge in [-0.3, -0.25) is 9.59 Å². The van der Waals surface area contributed by atoms with E-state index in [4.69, 9.17) is 9.47 Å². The third-order valence-corrected chi connectivity index (χ3v) is 4.98. The van der Waals surface area contributed by atoms with E-state index >= 15 is 0 Å². The van der Waals surface area contributed by atoms with E-state index in [2.05, 4.69) is 5.32 Å². The molecule has 0 radical (unpaired) electrons. The first-order chi connectivity index (χ1) is 11.1. The number of hydrogen-bond acceptors (Lipinski definition) is 5. The molecule has 3 aliphatic rings. The number of hydrogen-bond donors (Lipinski definition) is 2. The fraction of sp³-hybridized carbons (Fsp3) is 0.500. The van der Waals surface area contributed by atoms with E-state index in [1.807, 2.05) is 0 Å². The Kier molecular flexibility index (Phi) is 3.28. The van der Waals surface area contributed by atoms with Crippen LogP contribution in [0.1, 0.15) is 10.4 Å².